The number of likely N-dealkylation sites (tertiary alicyclic amines) is 1. The molecule has 2 unspecified atom stereocenters. The number of nitrogens with one attached hydrogen (secondary N) is 2. The number of anilines is 1. The predicted octanol–water partition coefficient (Wildman–Crippen LogP) is 3.41. The van der Waals surface area contributed by atoms with Crippen LogP contribution in [0.3, 0.4) is 0 Å². The largest absolute Gasteiger partial charge is 0.396 e. The minimum absolute atomic E-state index is 0.0578. The Kier molecular flexibility index (Phi) is 7.53. The van der Waals surface area contributed by atoms with Gasteiger partial charge in [0.05, 0.1) is 16.6 Å². The lowest BCUT2D eigenvalue weighted by atomic mass is 9.66. The number of aryl methyl sites for hydroxylation is 2. The Morgan fingerprint density at radius 3 is 2.66 bits per heavy atom. The zero-order valence-electron chi connectivity index (χ0n) is 21.4. The van der Waals surface area contributed by atoms with Gasteiger partial charge >= 0.3 is 0 Å². The van der Waals surface area contributed by atoms with Crippen molar-refractivity contribution in [2.24, 2.45) is 11.8 Å². The average molecular weight is 502 g/mol. The number of nitrogens with zero attached hydrogens (tertiary/aromatic N) is 1. The second kappa shape index (κ2) is 10.1. The fourth-order valence-electron chi connectivity index (χ4n) is 6.37. The molecule has 3 amide bonds. The third-order valence-corrected chi connectivity index (χ3v) is 10.1. The van der Waals surface area contributed by atoms with E-state index in [9.17, 15) is 19.5 Å². The molecule has 0 aromatic heterocycles. The molecule has 1 aromatic rings. The zero-order chi connectivity index (χ0) is 25.4. The number of benzene rings is 1. The summed E-state index contributed by atoms with van der Waals surface area (Å²) in [6, 6.07) is 5.35. The molecule has 0 aliphatic carbocycles. The molecular formula is C27H39N3O4S. The van der Waals surface area contributed by atoms with Crippen molar-refractivity contribution in [3.8, 4) is 0 Å². The van der Waals surface area contributed by atoms with E-state index in [0.29, 0.717) is 19.5 Å². The molecule has 35 heavy (non-hydrogen) atoms. The van der Waals surface area contributed by atoms with Gasteiger partial charge in [0.15, 0.2) is 0 Å². The highest BCUT2D eigenvalue weighted by atomic mass is 32.2. The van der Waals surface area contributed by atoms with Crippen molar-refractivity contribution < 1.29 is 19.5 Å². The third-order valence-electron chi connectivity index (χ3n) is 8.06. The van der Waals surface area contributed by atoms with Crippen LogP contribution < -0.4 is 10.6 Å². The molecule has 2 bridgehead atoms. The SMILES string of the molecule is CCCNC(=O)[C@H]1[C@H]2C(=O)N(CCCCCO)C(C(=O)Nc3cc(C)ccc3C)C23CC[C@]1(C)S3. The quantitative estimate of drug-likeness (QED) is 0.427. The van der Waals surface area contributed by atoms with Crippen molar-refractivity contribution in [1.82, 2.24) is 10.2 Å². The Morgan fingerprint density at radius 2 is 1.94 bits per heavy atom. The second-order valence-corrected chi connectivity index (χ2v) is 12.5. The van der Waals surface area contributed by atoms with E-state index in [1.807, 2.05) is 39.0 Å². The van der Waals surface area contributed by atoms with Gasteiger partial charge in [0.1, 0.15) is 6.04 Å². The van der Waals surface area contributed by atoms with Crippen LogP contribution in [-0.2, 0) is 14.4 Å². The molecular weight excluding hydrogens is 462 g/mol. The van der Waals surface area contributed by atoms with E-state index in [1.54, 1.807) is 16.7 Å². The number of thioether (sulfide) groups is 1. The standard InChI is InChI=1S/C27H39N3O4S/c1-5-13-28-23(32)20-21-25(34)30(14-7-6-8-15-31)22(27(21)12-11-26(20,4)35-27)24(33)29-19-16-17(2)9-10-18(19)3/h9-10,16,20-22,31H,5-8,11-15H2,1-4H3,(H,28,32)(H,29,33)/t20-,21+,22?,26+,27?/m1/s1. The van der Waals surface area contributed by atoms with Gasteiger partial charge in [-0.3, -0.25) is 14.4 Å². The minimum Gasteiger partial charge on any atom is -0.396 e. The highest BCUT2D eigenvalue weighted by Crippen LogP contribution is 2.71. The van der Waals surface area contributed by atoms with E-state index in [1.165, 1.54) is 0 Å². The van der Waals surface area contributed by atoms with E-state index >= 15 is 0 Å². The number of hydrogen-bond acceptors (Lipinski definition) is 5. The van der Waals surface area contributed by atoms with Gasteiger partial charge in [-0.05, 0) is 76.5 Å². The first-order valence-corrected chi connectivity index (χ1v) is 13.8. The van der Waals surface area contributed by atoms with Crippen molar-refractivity contribution in [2.75, 3.05) is 25.0 Å². The molecule has 0 radical (unpaired) electrons. The number of carbonyl (C=O) groups excluding carboxylic acids is 3. The smallest absolute Gasteiger partial charge is 0.248 e. The molecule has 3 aliphatic heterocycles. The summed E-state index contributed by atoms with van der Waals surface area (Å²) < 4.78 is -0.947. The first-order chi connectivity index (χ1) is 16.7. The molecule has 3 aliphatic rings. The first kappa shape index (κ1) is 26.0. The fraction of sp³-hybridized carbons (Fsp3) is 0.667. The molecule has 3 saturated heterocycles. The van der Waals surface area contributed by atoms with Crippen LogP contribution in [0.2, 0.25) is 0 Å². The van der Waals surface area contributed by atoms with E-state index in [4.69, 9.17) is 0 Å². The van der Waals surface area contributed by atoms with Gasteiger partial charge in [-0.15, -0.1) is 11.8 Å². The molecule has 7 nitrogen and oxygen atoms in total. The number of hydrogen-bond donors (Lipinski definition) is 3. The Hall–Kier alpha value is -2.06. The summed E-state index contributed by atoms with van der Waals surface area (Å²) in [6.07, 6.45) is 4.58. The monoisotopic (exact) mass is 501 g/mol. The van der Waals surface area contributed by atoms with Crippen LogP contribution in [0.15, 0.2) is 18.2 Å². The highest BCUT2D eigenvalue weighted by molar-refractivity contribution is 8.02. The Morgan fingerprint density at radius 1 is 1.17 bits per heavy atom. The second-order valence-electron chi connectivity index (χ2n) is 10.6. The predicted molar refractivity (Wildman–Crippen MR) is 139 cm³/mol. The van der Waals surface area contributed by atoms with Gasteiger partial charge in [-0.25, -0.2) is 0 Å². The number of unbranched alkanes of at least 4 members (excludes halogenated alkanes) is 2. The normalized spacial score (nSPS) is 31.1. The molecule has 1 spiro atoms. The molecule has 4 rings (SSSR count). The molecule has 3 N–H and O–H groups in total. The summed E-state index contributed by atoms with van der Waals surface area (Å²) in [5, 5.41) is 15.4. The summed E-state index contributed by atoms with van der Waals surface area (Å²) in [4.78, 5) is 43.0. The van der Waals surface area contributed by atoms with Gasteiger partial charge in [0, 0.05) is 30.1 Å². The van der Waals surface area contributed by atoms with Crippen molar-refractivity contribution in [3.05, 3.63) is 29.3 Å². The number of aliphatic hydroxyl groups excluding tert-OH is 1. The number of amides is 3. The zero-order valence-corrected chi connectivity index (χ0v) is 22.2. The van der Waals surface area contributed by atoms with Gasteiger partial charge in [-0.2, -0.15) is 0 Å². The molecule has 1 aromatic carbocycles. The third kappa shape index (κ3) is 4.48. The van der Waals surface area contributed by atoms with Gasteiger partial charge in [-0.1, -0.05) is 19.1 Å². The van der Waals surface area contributed by atoms with E-state index < -0.39 is 22.6 Å². The molecule has 0 saturated carbocycles. The van der Waals surface area contributed by atoms with Crippen molar-refractivity contribution in [2.45, 2.75) is 81.8 Å². The van der Waals surface area contributed by atoms with E-state index in [2.05, 4.69) is 17.6 Å². The van der Waals surface area contributed by atoms with E-state index in [-0.39, 0.29) is 29.1 Å². The van der Waals surface area contributed by atoms with Crippen molar-refractivity contribution in [1.29, 1.82) is 0 Å². The maximum absolute atomic E-state index is 14.0. The van der Waals surface area contributed by atoms with Gasteiger partial charge < -0.3 is 20.6 Å². The highest BCUT2D eigenvalue weighted by Gasteiger charge is 2.76. The number of carbonyl (C=O) groups is 3. The lowest BCUT2D eigenvalue weighted by molar-refractivity contribution is -0.140. The maximum atomic E-state index is 14.0. The molecule has 3 heterocycles. The van der Waals surface area contributed by atoms with E-state index in [0.717, 1.165) is 48.9 Å². The topological polar surface area (TPSA) is 98.7 Å². The lowest BCUT2D eigenvalue weighted by Crippen LogP contribution is -2.52. The van der Waals surface area contributed by atoms with Crippen molar-refractivity contribution in [3.63, 3.8) is 0 Å². The number of rotatable bonds is 10. The molecule has 8 heteroatoms. The Labute approximate surface area is 212 Å². The summed E-state index contributed by atoms with van der Waals surface area (Å²) in [7, 11) is 0. The van der Waals surface area contributed by atoms with Crippen LogP contribution >= 0.6 is 11.8 Å². The van der Waals surface area contributed by atoms with Gasteiger partial charge in [0.25, 0.3) is 0 Å². The number of aliphatic hydroxyl groups is 1. The lowest BCUT2D eigenvalue weighted by Gasteiger charge is -2.35. The van der Waals surface area contributed by atoms with Crippen LogP contribution in [0.1, 0.15) is 63.5 Å². The molecule has 5 atom stereocenters. The fourth-order valence-corrected chi connectivity index (χ4v) is 8.72. The average Bonchev–Trinajstić information content (AvgIpc) is 3.38. The molecule has 3 fully saturated rings. The first-order valence-electron chi connectivity index (χ1n) is 13.0. The van der Waals surface area contributed by atoms with Crippen LogP contribution in [0.5, 0.6) is 0 Å². The van der Waals surface area contributed by atoms with Crippen LogP contribution in [-0.4, -0.2) is 63.0 Å². The maximum Gasteiger partial charge on any atom is 0.248 e. The summed E-state index contributed by atoms with van der Waals surface area (Å²) >= 11 is 1.70. The van der Waals surface area contributed by atoms with Crippen molar-refractivity contribution >= 4 is 35.2 Å². The summed E-state index contributed by atoms with van der Waals surface area (Å²) in [5.74, 6) is -1.21. The van der Waals surface area contributed by atoms with Gasteiger partial charge in [0.2, 0.25) is 17.7 Å². The summed E-state index contributed by atoms with van der Waals surface area (Å²) in [5.41, 5.74) is 2.80. The molecule has 192 valence electrons. The van der Waals surface area contributed by atoms with Crippen LogP contribution in [0, 0.1) is 25.7 Å². The summed E-state index contributed by atoms with van der Waals surface area (Å²) in [6.45, 7) is 9.23. The minimum atomic E-state index is -0.621. The van der Waals surface area contributed by atoms with Crippen LogP contribution in [0.25, 0.3) is 0 Å². The Bertz CT molecular complexity index is 1000. The Balaban J connectivity index is 1.68. The number of fused-ring (bicyclic) bond motifs is 1. The van der Waals surface area contributed by atoms with Crippen LogP contribution in [0.4, 0.5) is 5.69 Å².